The van der Waals surface area contributed by atoms with Crippen LogP contribution in [0.3, 0.4) is 0 Å². The summed E-state index contributed by atoms with van der Waals surface area (Å²) >= 11 is 0.816. The molecule has 5 nitrogen and oxygen atoms in total. The van der Waals surface area contributed by atoms with Crippen LogP contribution in [0.15, 0.2) is 26.9 Å². The predicted octanol–water partition coefficient (Wildman–Crippen LogP) is 3.11. The molecule has 0 atom stereocenters. The number of aromatic nitrogens is 1. The van der Waals surface area contributed by atoms with Crippen molar-refractivity contribution in [3.05, 3.63) is 23.9 Å². The van der Waals surface area contributed by atoms with E-state index in [1.54, 1.807) is 0 Å². The predicted molar refractivity (Wildman–Crippen MR) is 70.3 cm³/mol. The van der Waals surface area contributed by atoms with Crippen molar-refractivity contribution in [2.24, 2.45) is 0 Å². The Labute approximate surface area is 122 Å². The molecule has 0 fully saturated rings. The summed E-state index contributed by atoms with van der Waals surface area (Å²) in [6.07, 6.45) is -3.97. The van der Waals surface area contributed by atoms with Crippen molar-refractivity contribution in [3.8, 4) is 10.6 Å². The molecule has 116 valence electrons. The van der Waals surface area contributed by atoms with Gasteiger partial charge in [0.1, 0.15) is 4.21 Å². The fourth-order valence-electron chi connectivity index (χ4n) is 1.43. The topological polar surface area (TPSA) is 72.2 Å². The van der Waals surface area contributed by atoms with Gasteiger partial charge in [-0.3, -0.25) is 0 Å². The van der Waals surface area contributed by atoms with Gasteiger partial charge in [-0.25, -0.2) is 13.1 Å². The van der Waals surface area contributed by atoms with Crippen LogP contribution in [0.1, 0.15) is 19.0 Å². The van der Waals surface area contributed by atoms with Crippen LogP contribution >= 0.6 is 11.3 Å². The van der Waals surface area contributed by atoms with Crippen LogP contribution < -0.4 is 4.72 Å². The average Bonchev–Trinajstić information content (AvgIpc) is 3.03. The lowest BCUT2D eigenvalue weighted by Gasteiger charge is -2.01. The van der Waals surface area contributed by atoms with Gasteiger partial charge < -0.3 is 4.52 Å². The van der Waals surface area contributed by atoms with Crippen LogP contribution in [0, 0.1) is 0 Å². The summed E-state index contributed by atoms with van der Waals surface area (Å²) in [5.41, 5.74) is -1.15. The second-order valence-electron chi connectivity index (χ2n) is 4.09. The molecule has 0 aromatic carbocycles. The van der Waals surface area contributed by atoms with Crippen LogP contribution in [0.5, 0.6) is 0 Å². The maximum absolute atomic E-state index is 12.4. The Kier molecular flexibility index (Phi) is 4.40. The molecule has 2 aromatic heterocycles. The molecule has 0 aliphatic rings. The van der Waals surface area contributed by atoms with Crippen molar-refractivity contribution in [2.45, 2.75) is 23.7 Å². The normalized spacial score (nSPS) is 12.8. The summed E-state index contributed by atoms with van der Waals surface area (Å²) in [4.78, 5) is 0.259. The van der Waals surface area contributed by atoms with E-state index >= 15 is 0 Å². The lowest BCUT2D eigenvalue weighted by Crippen LogP contribution is -2.23. The maximum Gasteiger partial charge on any atom is 0.436 e. The number of nitrogens with zero attached hydrogens (tertiary/aromatic N) is 1. The van der Waals surface area contributed by atoms with E-state index in [-0.39, 0.29) is 21.4 Å². The third-order valence-corrected chi connectivity index (χ3v) is 5.48. The van der Waals surface area contributed by atoms with Gasteiger partial charge in [0.05, 0.1) is 4.88 Å². The molecule has 0 saturated heterocycles. The molecule has 0 spiro atoms. The van der Waals surface area contributed by atoms with E-state index in [0.29, 0.717) is 6.42 Å². The number of hydrogen-bond acceptors (Lipinski definition) is 5. The van der Waals surface area contributed by atoms with Gasteiger partial charge in [-0.2, -0.15) is 13.2 Å². The highest BCUT2D eigenvalue weighted by Gasteiger charge is 2.35. The Balaban J connectivity index is 2.26. The molecule has 1 N–H and O–H groups in total. The monoisotopic (exact) mass is 340 g/mol. The van der Waals surface area contributed by atoms with Gasteiger partial charge in [0.15, 0.2) is 11.5 Å². The lowest BCUT2D eigenvalue weighted by atomic mass is 10.3. The van der Waals surface area contributed by atoms with Gasteiger partial charge in [0, 0.05) is 12.6 Å². The number of thiophene rings is 1. The van der Waals surface area contributed by atoms with Crippen molar-refractivity contribution in [1.82, 2.24) is 9.88 Å². The molecule has 0 saturated carbocycles. The first-order valence-corrected chi connectivity index (χ1v) is 8.18. The van der Waals surface area contributed by atoms with E-state index in [0.717, 1.165) is 17.4 Å². The smallest absolute Gasteiger partial charge is 0.355 e. The van der Waals surface area contributed by atoms with Crippen LogP contribution in [-0.2, 0) is 16.2 Å². The average molecular weight is 340 g/mol. The standard InChI is InChI=1S/C11H11F3N2O3S2/c1-2-5-15-21(17,18)10-4-3-8(20-10)7-6-9(16-19-7)11(12,13)14/h3-4,6,15H,2,5H2,1H3. The van der Waals surface area contributed by atoms with Gasteiger partial charge >= 0.3 is 6.18 Å². The van der Waals surface area contributed by atoms with Gasteiger partial charge in [0.25, 0.3) is 0 Å². The zero-order chi connectivity index (χ0) is 15.7. The van der Waals surface area contributed by atoms with Crippen LogP contribution in [0.25, 0.3) is 10.6 Å². The molecule has 0 amide bonds. The Morgan fingerprint density at radius 3 is 2.67 bits per heavy atom. The Morgan fingerprint density at radius 2 is 2.10 bits per heavy atom. The third-order valence-electron chi connectivity index (χ3n) is 2.43. The van der Waals surface area contributed by atoms with Crippen molar-refractivity contribution in [1.29, 1.82) is 0 Å². The number of alkyl halides is 3. The van der Waals surface area contributed by atoms with E-state index in [4.69, 9.17) is 0 Å². The van der Waals surface area contributed by atoms with Gasteiger partial charge in [-0.15, -0.1) is 11.3 Å². The minimum absolute atomic E-state index is 0.0101. The maximum atomic E-state index is 12.4. The first-order chi connectivity index (χ1) is 9.74. The van der Waals surface area contributed by atoms with Crippen LogP contribution in [0.2, 0.25) is 0 Å². The minimum Gasteiger partial charge on any atom is -0.355 e. The summed E-state index contributed by atoms with van der Waals surface area (Å²) in [5.74, 6) is -0.121. The van der Waals surface area contributed by atoms with Crippen molar-refractivity contribution >= 4 is 21.4 Å². The highest BCUT2D eigenvalue weighted by atomic mass is 32.2. The third kappa shape index (κ3) is 3.63. The number of rotatable bonds is 5. The molecule has 10 heteroatoms. The molecule has 0 bridgehead atoms. The first kappa shape index (κ1) is 16.0. The Hall–Kier alpha value is -1.39. The van der Waals surface area contributed by atoms with Crippen LogP contribution in [-0.4, -0.2) is 20.1 Å². The zero-order valence-electron chi connectivity index (χ0n) is 10.8. The Morgan fingerprint density at radius 1 is 1.38 bits per heavy atom. The quantitative estimate of drug-likeness (QED) is 0.908. The van der Waals surface area contributed by atoms with E-state index in [9.17, 15) is 21.6 Å². The molecular formula is C11H11F3N2O3S2. The zero-order valence-corrected chi connectivity index (χ0v) is 12.4. The van der Waals surface area contributed by atoms with E-state index in [2.05, 4.69) is 14.4 Å². The second kappa shape index (κ2) is 5.78. The summed E-state index contributed by atoms with van der Waals surface area (Å²) in [6, 6.07) is 3.43. The summed E-state index contributed by atoms with van der Waals surface area (Å²) in [6.45, 7) is 2.10. The molecule has 0 unspecified atom stereocenters. The van der Waals surface area contributed by atoms with Crippen LogP contribution in [0.4, 0.5) is 13.2 Å². The minimum atomic E-state index is -4.60. The number of hydrogen-bond donors (Lipinski definition) is 1. The SMILES string of the molecule is CCCNS(=O)(=O)c1ccc(-c2cc(C(F)(F)F)no2)s1. The fourth-order valence-corrected chi connectivity index (χ4v) is 3.86. The first-order valence-electron chi connectivity index (χ1n) is 5.88. The van der Waals surface area contributed by atoms with E-state index in [1.165, 1.54) is 12.1 Å². The summed E-state index contributed by atoms with van der Waals surface area (Å²) in [5, 5.41) is 2.93. The van der Waals surface area contributed by atoms with Gasteiger partial charge in [0.2, 0.25) is 10.0 Å². The van der Waals surface area contributed by atoms with Crippen molar-refractivity contribution in [2.75, 3.05) is 6.54 Å². The fraction of sp³-hybridized carbons (Fsp3) is 0.364. The van der Waals surface area contributed by atoms with Crippen molar-refractivity contribution < 1.29 is 26.1 Å². The van der Waals surface area contributed by atoms with Crippen molar-refractivity contribution in [3.63, 3.8) is 0 Å². The molecule has 0 aliphatic carbocycles. The highest BCUT2D eigenvalue weighted by molar-refractivity contribution is 7.91. The molecule has 2 rings (SSSR count). The molecule has 0 radical (unpaired) electrons. The Bertz CT molecular complexity index is 719. The van der Waals surface area contributed by atoms with E-state index < -0.39 is 21.9 Å². The van der Waals surface area contributed by atoms with Gasteiger partial charge in [-0.1, -0.05) is 12.1 Å². The largest absolute Gasteiger partial charge is 0.436 e. The number of sulfonamides is 1. The summed E-state index contributed by atoms with van der Waals surface area (Å²) in [7, 11) is -3.65. The molecule has 21 heavy (non-hydrogen) atoms. The molecular weight excluding hydrogens is 329 g/mol. The van der Waals surface area contributed by atoms with Gasteiger partial charge in [-0.05, 0) is 18.6 Å². The lowest BCUT2D eigenvalue weighted by molar-refractivity contribution is -0.142. The van der Waals surface area contributed by atoms with E-state index in [1.807, 2.05) is 6.92 Å². The summed E-state index contributed by atoms with van der Waals surface area (Å²) < 4.78 is 68.0. The number of nitrogens with one attached hydrogen (secondary N) is 1. The highest BCUT2D eigenvalue weighted by Crippen LogP contribution is 2.35. The molecule has 2 heterocycles. The number of halogens is 3. The molecule has 0 aliphatic heterocycles. The molecule has 2 aromatic rings. The second-order valence-corrected chi connectivity index (χ2v) is 7.17.